The Hall–Kier alpha value is -0.880. The first kappa shape index (κ1) is 16.0. The molecule has 0 aliphatic carbocycles. The van der Waals surface area contributed by atoms with Crippen LogP contribution >= 0.6 is 45.9 Å². The van der Waals surface area contributed by atoms with Crippen LogP contribution in [0.4, 0.5) is 0 Å². The molecule has 3 nitrogen and oxygen atoms in total. The summed E-state index contributed by atoms with van der Waals surface area (Å²) in [4.78, 5) is 10.1. The molecule has 0 aromatic carbocycles. The molecule has 0 atom stereocenters. The number of aryl methyl sites for hydroxylation is 2. The predicted molar refractivity (Wildman–Crippen MR) is 94.4 cm³/mol. The van der Waals surface area contributed by atoms with Gasteiger partial charge in [0.05, 0.1) is 18.6 Å². The molecule has 3 aromatic heterocycles. The fourth-order valence-electron chi connectivity index (χ4n) is 2.20. The number of aromatic nitrogens is 3. The van der Waals surface area contributed by atoms with Crippen molar-refractivity contribution in [2.75, 3.05) is 0 Å². The first-order valence-corrected chi connectivity index (χ1v) is 9.55. The van der Waals surface area contributed by atoms with Gasteiger partial charge in [0.2, 0.25) is 0 Å². The number of rotatable bonds is 7. The maximum absolute atomic E-state index is 6.06. The zero-order valence-electron chi connectivity index (χ0n) is 11.8. The molecule has 0 aliphatic heterocycles. The van der Waals surface area contributed by atoms with Gasteiger partial charge in [0, 0.05) is 10.3 Å². The van der Waals surface area contributed by atoms with Gasteiger partial charge < -0.3 is 4.57 Å². The van der Waals surface area contributed by atoms with Crippen molar-refractivity contribution >= 4 is 45.9 Å². The Morgan fingerprint density at radius 2 is 2.00 bits per heavy atom. The topological polar surface area (TPSA) is 30.7 Å². The van der Waals surface area contributed by atoms with Crippen LogP contribution in [0, 0.1) is 0 Å². The molecule has 0 saturated carbocycles. The molecule has 116 valence electrons. The van der Waals surface area contributed by atoms with Gasteiger partial charge in [0.15, 0.2) is 5.15 Å². The molecule has 0 spiro atoms. The highest BCUT2D eigenvalue weighted by atomic mass is 35.5. The van der Waals surface area contributed by atoms with Crippen LogP contribution in [0.1, 0.15) is 28.4 Å². The van der Waals surface area contributed by atoms with Gasteiger partial charge in [-0.25, -0.2) is 9.97 Å². The lowest BCUT2D eigenvalue weighted by atomic mass is 10.1. The van der Waals surface area contributed by atoms with Crippen LogP contribution in [0.15, 0.2) is 29.2 Å². The molecule has 0 unspecified atom stereocenters. The lowest BCUT2D eigenvalue weighted by Gasteiger charge is -2.00. The van der Waals surface area contributed by atoms with Gasteiger partial charge in [-0.3, -0.25) is 0 Å². The minimum absolute atomic E-state index is 0.340. The fourth-order valence-corrected chi connectivity index (χ4v) is 4.08. The second-order valence-corrected chi connectivity index (χ2v) is 7.66. The first-order valence-electron chi connectivity index (χ1n) is 7.04. The van der Waals surface area contributed by atoms with E-state index in [1.807, 2.05) is 15.9 Å². The Morgan fingerprint density at radius 1 is 1.14 bits per heavy atom. The van der Waals surface area contributed by atoms with Crippen LogP contribution in [0.25, 0.3) is 0 Å². The van der Waals surface area contributed by atoms with E-state index in [0.717, 1.165) is 23.5 Å². The lowest BCUT2D eigenvalue weighted by molar-refractivity contribution is 0.723. The van der Waals surface area contributed by atoms with Crippen molar-refractivity contribution < 1.29 is 0 Å². The van der Waals surface area contributed by atoms with Crippen molar-refractivity contribution in [2.24, 2.45) is 0 Å². The summed E-state index contributed by atoms with van der Waals surface area (Å²) in [5.41, 5.74) is 1.16. The summed E-state index contributed by atoms with van der Waals surface area (Å²) in [5.74, 6) is 0. The molecule has 0 amide bonds. The van der Waals surface area contributed by atoms with Gasteiger partial charge in [0.25, 0.3) is 0 Å². The molecular weight excluding hydrogens is 357 g/mol. The molecule has 0 bridgehead atoms. The number of thiophene rings is 1. The molecule has 0 aliphatic rings. The van der Waals surface area contributed by atoms with E-state index >= 15 is 0 Å². The Labute approximate surface area is 147 Å². The molecule has 0 saturated heterocycles. The Balaban J connectivity index is 1.47. The van der Waals surface area contributed by atoms with Gasteiger partial charge in [0.1, 0.15) is 10.2 Å². The summed E-state index contributed by atoms with van der Waals surface area (Å²) < 4.78 is 1.81. The summed E-state index contributed by atoms with van der Waals surface area (Å²) in [6.07, 6.45) is 6.21. The second-order valence-electron chi connectivity index (χ2n) is 4.97. The number of imidazole rings is 1. The van der Waals surface area contributed by atoms with Gasteiger partial charge >= 0.3 is 0 Å². The van der Waals surface area contributed by atoms with E-state index < -0.39 is 0 Å². The number of unbranched alkanes of at least 4 members (excludes halogenated alkanes) is 1. The molecule has 0 fully saturated rings. The van der Waals surface area contributed by atoms with E-state index in [4.69, 9.17) is 23.2 Å². The maximum atomic E-state index is 6.06. The summed E-state index contributed by atoms with van der Waals surface area (Å²) in [6.45, 7) is 0.623. The highest BCUT2D eigenvalue weighted by Crippen LogP contribution is 2.22. The average molecular weight is 372 g/mol. The minimum atomic E-state index is 0.340. The van der Waals surface area contributed by atoms with E-state index in [9.17, 15) is 0 Å². The predicted octanol–water partition coefficient (Wildman–Crippen LogP) is 5.32. The lowest BCUT2D eigenvalue weighted by Crippen LogP contribution is -1.98. The first-order chi connectivity index (χ1) is 10.7. The Kier molecular flexibility index (Phi) is 5.52. The molecule has 3 aromatic rings. The van der Waals surface area contributed by atoms with Gasteiger partial charge in [-0.05, 0) is 37.1 Å². The van der Waals surface area contributed by atoms with Gasteiger partial charge in [-0.15, -0.1) is 22.7 Å². The van der Waals surface area contributed by atoms with Crippen molar-refractivity contribution in [3.8, 4) is 0 Å². The van der Waals surface area contributed by atoms with Crippen molar-refractivity contribution in [3.05, 3.63) is 55.1 Å². The summed E-state index contributed by atoms with van der Waals surface area (Å²) in [6, 6.07) is 4.31. The molecule has 3 heterocycles. The molecule has 7 heteroatoms. The van der Waals surface area contributed by atoms with E-state index in [-0.39, 0.29) is 0 Å². The minimum Gasteiger partial charge on any atom is -0.313 e. The van der Waals surface area contributed by atoms with E-state index in [0.29, 0.717) is 16.9 Å². The summed E-state index contributed by atoms with van der Waals surface area (Å²) in [5, 5.41) is 6.10. The maximum Gasteiger partial charge on any atom is 0.166 e. The Morgan fingerprint density at radius 3 is 2.73 bits per heavy atom. The number of halogens is 2. The van der Waals surface area contributed by atoms with Crippen LogP contribution in [0.2, 0.25) is 10.3 Å². The summed E-state index contributed by atoms with van der Waals surface area (Å²) in [7, 11) is 0. The third kappa shape index (κ3) is 4.10. The second kappa shape index (κ2) is 7.59. The molecular formula is C15H15Cl2N3S2. The molecule has 22 heavy (non-hydrogen) atoms. The van der Waals surface area contributed by atoms with Crippen molar-refractivity contribution in [2.45, 2.75) is 32.2 Å². The average Bonchev–Trinajstić information content (AvgIpc) is 3.23. The van der Waals surface area contributed by atoms with Crippen LogP contribution in [-0.2, 0) is 19.4 Å². The number of hydrogen-bond acceptors (Lipinski definition) is 4. The van der Waals surface area contributed by atoms with Crippen LogP contribution in [0.3, 0.4) is 0 Å². The molecule has 3 rings (SSSR count). The normalized spacial score (nSPS) is 11.2. The third-order valence-corrected chi connectivity index (χ3v) is 5.91. The number of thiazole rings is 1. The largest absolute Gasteiger partial charge is 0.313 e. The molecule has 0 N–H and O–H groups in total. The zero-order valence-corrected chi connectivity index (χ0v) is 15.0. The highest BCUT2D eigenvalue weighted by molar-refractivity contribution is 7.10. The van der Waals surface area contributed by atoms with Gasteiger partial charge in [-0.2, -0.15) is 0 Å². The fraction of sp³-hybridized carbons (Fsp3) is 0.333. The quantitative estimate of drug-likeness (QED) is 0.526. The number of nitrogens with zero attached hydrogens (tertiary/aromatic N) is 3. The van der Waals surface area contributed by atoms with Crippen molar-refractivity contribution in [3.63, 3.8) is 0 Å². The van der Waals surface area contributed by atoms with Crippen LogP contribution in [0.5, 0.6) is 0 Å². The van der Waals surface area contributed by atoms with Gasteiger partial charge in [-0.1, -0.05) is 29.3 Å². The zero-order chi connectivity index (χ0) is 15.4. The Bertz CT molecular complexity index is 719. The van der Waals surface area contributed by atoms with E-state index in [1.165, 1.54) is 17.7 Å². The smallest absolute Gasteiger partial charge is 0.166 e. The highest BCUT2D eigenvalue weighted by Gasteiger charge is 2.09. The standard InChI is InChI=1S/C15H15Cl2N3S2/c16-14-15(17)20(10-18-14)8-13-19-11(9-22-13)4-1-2-5-12-6-3-7-21-12/h3,6-7,9-10H,1-2,4-5,8H2. The third-order valence-electron chi connectivity index (χ3n) is 3.32. The van der Waals surface area contributed by atoms with E-state index in [1.54, 1.807) is 17.7 Å². The van der Waals surface area contributed by atoms with E-state index in [2.05, 4.69) is 32.9 Å². The van der Waals surface area contributed by atoms with Crippen molar-refractivity contribution in [1.82, 2.24) is 14.5 Å². The number of hydrogen-bond donors (Lipinski definition) is 0. The SMILES string of the molecule is Clc1ncn(Cc2nc(CCCCc3cccs3)cs2)c1Cl. The summed E-state index contributed by atoms with van der Waals surface area (Å²) >= 11 is 15.4. The van der Waals surface area contributed by atoms with Crippen LogP contribution in [-0.4, -0.2) is 14.5 Å². The molecule has 0 radical (unpaired) electrons. The van der Waals surface area contributed by atoms with Crippen LogP contribution < -0.4 is 0 Å². The monoisotopic (exact) mass is 371 g/mol. The van der Waals surface area contributed by atoms with Crippen molar-refractivity contribution in [1.29, 1.82) is 0 Å².